The quantitative estimate of drug-likeness (QED) is 0.752. The van der Waals surface area contributed by atoms with Gasteiger partial charge in [-0.05, 0) is 36.6 Å². The van der Waals surface area contributed by atoms with Gasteiger partial charge in [-0.25, -0.2) is 0 Å². The number of benzene rings is 1. The molecule has 2 amide bonds. The van der Waals surface area contributed by atoms with E-state index in [1.165, 1.54) is 11.1 Å². The number of halogens is 1. The van der Waals surface area contributed by atoms with Gasteiger partial charge in [-0.2, -0.15) is 0 Å². The van der Waals surface area contributed by atoms with Crippen molar-refractivity contribution in [2.45, 2.75) is 38.5 Å². The third-order valence-corrected chi connectivity index (χ3v) is 4.17. The van der Waals surface area contributed by atoms with Gasteiger partial charge >= 0.3 is 0 Å². The fraction of sp³-hybridized carbons (Fsp3) is 0.333. The molecule has 0 saturated carbocycles. The Morgan fingerprint density at radius 2 is 2.00 bits per heavy atom. The molecule has 0 saturated heterocycles. The van der Waals surface area contributed by atoms with Crippen LogP contribution in [-0.4, -0.2) is 23.9 Å². The van der Waals surface area contributed by atoms with Crippen molar-refractivity contribution < 1.29 is 14.0 Å². The highest BCUT2D eigenvalue weighted by atomic mass is 35.5. The summed E-state index contributed by atoms with van der Waals surface area (Å²) in [6.07, 6.45) is 2.18. The van der Waals surface area contributed by atoms with Crippen molar-refractivity contribution >= 4 is 24.2 Å². The van der Waals surface area contributed by atoms with Gasteiger partial charge in [0.05, 0.1) is 18.8 Å². The maximum Gasteiger partial charge on any atom is 0.242 e. The number of hydrogen-bond acceptors (Lipinski definition) is 4. The summed E-state index contributed by atoms with van der Waals surface area (Å²) in [6, 6.07) is 10.7. The molecule has 2 unspecified atom stereocenters. The van der Waals surface area contributed by atoms with E-state index in [2.05, 4.69) is 22.0 Å². The normalized spacial score (nSPS) is 16.9. The van der Waals surface area contributed by atoms with Gasteiger partial charge in [0.2, 0.25) is 11.8 Å². The Balaban J connectivity index is 0.00000225. The Morgan fingerprint density at radius 3 is 2.72 bits per heavy atom. The molecular weight excluding hydrogens is 342 g/mol. The molecule has 1 aromatic heterocycles. The lowest BCUT2D eigenvalue weighted by molar-refractivity contribution is -0.129. The van der Waals surface area contributed by atoms with E-state index in [9.17, 15) is 9.59 Å². The molecule has 6 nitrogen and oxygen atoms in total. The highest BCUT2D eigenvalue weighted by molar-refractivity contribution is 5.89. The van der Waals surface area contributed by atoms with E-state index in [-0.39, 0.29) is 30.3 Å². The Morgan fingerprint density at radius 1 is 1.24 bits per heavy atom. The second-order valence-electron chi connectivity index (χ2n) is 5.93. The van der Waals surface area contributed by atoms with Crippen LogP contribution in [0.2, 0.25) is 0 Å². The average molecular weight is 364 g/mol. The minimum Gasteiger partial charge on any atom is -0.467 e. The van der Waals surface area contributed by atoms with Crippen molar-refractivity contribution in [1.82, 2.24) is 16.0 Å². The molecule has 134 valence electrons. The van der Waals surface area contributed by atoms with Gasteiger partial charge in [0.25, 0.3) is 0 Å². The highest BCUT2D eigenvalue weighted by Crippen LogP contribution is 2.16. The van der Waals surface area contributed by atoms with Crippen molar-refractivity contribution in [2.24, 2.45) is 0 Å². The van der Waals surface area contributed by atoms with Gasteiger partial charge < -0.3 is 20.4 Å². The second-order valence-corrected chi connectivity index (χ2v) is 5.93. The lowest BCUT2D eigenvalue weighted by Crippen LogP contribution is -2.53. The van der Waals surface area contributed by atoms with Crippen LogP contribution >= 0.6 is 12.4 Å². The van der Waals surface area contributed by atoms with Crippen molar-refractivity contribution in [3.8, 4) is 0 Å². The van der Waals surface area contributed by atoms with E-state index >= 15 is 0 Å². The summed E-state index contributed by atoms with van der Waals surface area (Å²) in [4.78, 5) is 24.5. The largest absolute Gasteiger partial charge is 0.467 e. The molecule has 3 rings (SSSR count). The molecule has 1 aliphatic rings. The van der Waals surface area contributed by atoms with Crippen LogP contribution in [0.4, 0.5) is 0 Å². The molecule has 0 bridgehead atoms. The van der Waals surface area contributed by atoms with Gasteiger partial charge in [0.1, 0.15) is 11.8 Å². The lowest BCUT2D eigenvalue weighted by atomic mass is 9.95. The monoisotopic (exact) mass is 363 g/mol. The molecule has 7 heteroatoms. The topological polar surface area (TPSA) is 83.4 Å². The van der Waals surface area contributed by atoms with Crippen LogP contribution in [-0.2, 0) is 29.1 Å². The van der Waals surface area contributed by atoms with E-state index in [4.69, 9.17) is 4.42 Å². The zero-order valence-electron chi connectivity index (χ0n) is 14.0. The number of fused-ring (bicyclic) bond motifs is 1. The summed E-state index contributed by atoms with van der Waals surface area (Å²) in [5.41, 5.74) is 2.39. The maximum absolute atomic E-state index is 12.4. The Kier molecular flexibility index (Phi) is 6.61. The van der Waals surface area contributed by atoms with Gasteiger partial charge in [-0.3, -0.25) is 9.59 Å². The Bertz CT molecular complexity index is 718. The molecule has 0 aliphatic carbocycles. The van der Waals surface area contributed by atoms with E-state index in [1.807, 2.05) is 18.2 Å². The number of nitrogens with one attached hydrogen (secondary N) is 3. The molecule has 3 N–H and O–H groups in total. The molecule has 2 atom stereocenters. The van der Waals surface area contributed by atoms with E-state index in [0.717, 1.165) is 0 Å². The third kappa shape index (κ3) is 4.84. The molecule has 2 aromatic rings. The predicted molar refractivity (Wildman–Crippen MR) is 96.2 cm³/mol. The summed E-state index contributed by atoms with van der Waals surface area (Å²) < 4.78 is 5.16. The van der Waals surface area contributed by atoms with Crippen LogP contribution in [0.5, 0.6) is 0 Å². The van der Waals surface area contributed by atoms with Gasteiger partial charge in [-0.15, -0.1) is 12.4 Å². The molecule has 2 heterocycles. The first-order valence-electron chi connectivity index (χ1n) is 8.04. The zero-order valence-corrected chi connectivity index (χ0v) is 14.8. The van der Waals surface area contributed by atoms with Gasteiger partial charge in [0.15, 0.2) is 0 Å². The van der Waals surface area contributed by atoms with Crippen LogP contribution in [0, 0.1) is 0 Å². The van der Waals surface area contributed by atoms with Crippen LogP contribution in [0.15, 0.2) is 47.1 Å². The first kappa shape index (κ1) is 19.0. The Hall–Kier alpha value is -2.31. The summed E-state index contributed by atoms with van der Waals surface area (Å²) >= 11 is 0. The lowest BCUT2D eigenvalue weighted by Gasteiger charge is -2.26. The summed E-state index contributed by atoms with van der Waals surface area (Å²) in [5, 5.41) is 8.72. The van der Waals surface area contributed by atoms with E-state index < -0.39 is 6.04 Å². The van der Waals surface area contributed by atoms with E-state index in [0.29, 0.717) is 25.3 Å². The third-order valence-electron chi connectivity index (χ3n) is 4.17. The Labute approximate surface area is 152 Å². The van der Waals surface area contributed by atoms with Gasteiger partial charge in [-0.1, -0.05) is 24.3 Å². The number of carbonyl (C=O) groups excluding carboxylic acids is 2. The number of hydrogen-bond donors (Lipinski definition) is 3. The smallest absolute Gasteiger partial charge is 0.242 e. The van der Waals surface area contributed by atoms with Crippen molar-refractivity contribution in [2.75, 3.05) is 0 Å². The standard InChI is InChI=1S/C18H21N3O3.ClH/c1-12(17(22)20-11-15-7-4-8-24-15)21-18(23)16-9-13-5-2-3-6-14(13)10-19-16;/h2-8,12,16,19H,9-11H2,1H3,(H,20,22)(H,21,23);1H. The van der Waals surface area contributed by atoms with E-state index in [1.54, 1.807) is 25.3 Å². The molecule has 1 aliphatic heterocycles. The summed E-state index contributed by atoms with van der Waals surface area (Å²) in [6.45, 7) is 2.64. The molecule has 0 fully saturated rings. The minimum absolute atomic E-state index is 0. The zero-order chi connectivity index (χ0) is 16.9. The predicted octanol–water partition coefficient (Wildman–Crippen LogP) is 1.54. The SMILES string of the molecule is CC(NC(=O)C1Cc2ccccc2CN1)C(=O)NCc1ccco1.Cl. The average Bonchev–Trinajstić information content (AvgIpc) is 3.12. The molecule has 1 aromatic carbocycles. The molecule has 0 spiro atoms. The molecular formula is C18H22ClN3O3. The van der Waals surface area contributed by atoms with Gasteiger partial charge in [0, 0.05) is 6.54 Å². The number of rotatable bonds is 5. The van der Waals surface area contributed by atoms with Crippen molar-refractivity contribution in [1.29, 1.82) is 0 Å². The first-order chi connectivity index (χ1) is 11.6. The molecule has 0 radical (unpaired) electrons. The van der Waals surface area contributed by atoms with Crippen LogP contribution in [0.25, 0.3) is 0 Å². The highest BCUT2D eigenvalue weighted by Gasteiger charge is 2.26. The van der Waals surface area contributed by atoms with Crippen molar-refractivity contribution in [3.05, 3.63) is 59.5 Å². The van der Waals surface area contributed by atoms with Crippen molar-refractivity contribution in [3.63, 3.8) is 0 Å². The fourth-order valence-electron chi connectivity index (χ4n) is 2.76. The fourth-order valence-corrected chi connectivity index (χ4v) is 2.76. The molecule has 25 heavy (non-hydrogen) atoms. The van der Waals surface area contributed by atoms with Crippen LogP contribution < -0.4 is 16.0 Å². The number of furan rings is 1. The van der Waals surface area contributed by atoms with Crippen LogP contribution in [0.1, 0.15) is 23.8 Å². The number of carbonyl (C=O) groups is 2. The van der Waals surface area contributed by atoms with Crippen LogP contribution in [0.3, 0.4) is 0 Å². The minimum atomic E-state index is -0.605. The first-order valence-corrected chi connectivity index (χ1v) is 8.04. The maximum atomic E-state index is 12.4. The number of amides is 2. The summed E-state index contributed by atoms with van der Waals surface area (Å²) in [7, 11) is 0. The summed E-state index contributed by atoms with van der Waals surface area (Å²) in [5.74, 6) is 0.272. The second kappa shape index (κ2) is 8.69.